The molecule has 0 unspecified atom stereocenters. The molecule has 0 saturated heterocycles. The molecule has 0 bridgehead atoms. The monoisotopic (exact) mass is 295 g/mol. The van der Waals surface area contributed by atoms with Gasteiger partial charge in [0.15, 0.2) is 0 Å². The number of benzene rings is 1. The summed E-state index contributed by atoms with van der Waals surface area (Å²) in [6.45, 7) is 0.0310. The zero-order chi connectivity index (χ0) is 14.8. The topological polar surface area (TPSA) is 103 Å². The number of aromatic amines is 1. The predicted molar refractivity (Wildman–Crippen MR) is 70.6 cm³/mol. The van der Waals surface area contributed by atoms with Crippen LogP contribution in [0.15, 0.2) is 41.6 Å². The molecule has 0 amide bonds. The van der Waals surface area contributed by atoms with E-state index in [1.165, 1.54) is 37.5 Å². The van der Waals surface area contributed by atoms with E-state index in [9.17, 15) is 13.2 Å². The summed E-state index contributed by atoms with van der Waals surface area (Å²) in [5.74, 6) is -0.806. The number of hydrogen-bond donors (Lipinski definition) is 2. The molecule has 0 aliphatic carbocycles. The first-order valence-electron chi connectivity index (χ1n) is 5.70. The molecule has 106 valence electrons. The summed E-state index contributed by atoms with van der Waals surface area (Å²) in [7, 11) is -2.53. The Bertz CT molecular complexity index is 710. The first-order valence-corrected chi connectivity index (χ1v) is 7.14. The second kappa shape index (κ2) is 5.43. The average molecular weight is 295 g/mol. The number of aromatic carboxylic acids is 1. The van der Waals surface area contributed by atoms with Crippen molar-refractivity contribution < 1.29 is 18.3 Å². The SMILES string of the molecule is CN(Cc1ncc[nH]1)S(=O)(=O)c1ccccc1C(=O)O. The molecule has 0 saturated carbocycles. The third kappa shape index (κ3) is 2.70. The summed E-state index contributed by atoms with van der Waals surface area (Å²) in [4.78, 5) is 17.6. The van der Waals surface area contributed by atoms with Crippen LogP contribution in [0.3, 0.4) is 0 Å². The minimum Gasteiger partial charge on any atom is -0.478 e. The lowest BCUT2D eigenvalue weighted by atomic mass is 10.2. The van der Waals surface area contributed by atoms with Gasteiger partial charge in [0.05, 0.1) is 17.0 Å². The van der Waals surface area contributed by atoms with Gasteiger partial charge in [-0.3, -0.25) is 0 Å². The maximum absolute atomic E-state index is 12.4. The van der Waals surface area contributed by atoms with Crippen molar-refractivity contribution in [1.29, 1.82) is 0 Å². The van der Waals surface area contributed by atoms with Gasteiger partial charge >= 0.3 is 5.97 Å². The van der Waals surface area contributed by atoms with Crippen LogP contribution in [0.2, 0.25) is 0 Å². The quantitative estimate of drug-likeness (QED) is 0.854. The van der Waals surface area contributed by atoms with E-state index in [1.807, 2.05) is 0 Å². The van der Waals surface area contributed by atoms with Crippen LogP contribution >= 0.6 is 0 Å². The molecular weight excluding hydrogens is 282 g/mol. The van der Waals surface area contributed by atoms with Gasteiger partial charge in [-0.25, -0.2) is 18.2 Å². The number of nitrogens with zero attached hydrogens (tertiary/aromatic N) is 2. The molecule has 7 nitrogen and oxygen atoms in total. The van der Waals surface area contributed by atoms with Crippen molar-refractivity contribution in [3.05, 3.63) is 48.0 Å². The molecule has 2 rings (SSSR count). The molecular formula is C12H13N3O4S. The van der Waals surface area contributed by atoms with Crippen molar-refractivity contribution in [2.24, 2.45) is 0 Å². The molecule has 2 N–H and O–H groups in total. The van der Waals surface area contributed by atoms with Gasteiger partial charge in [-0.15, -0.1) is 0 Å². The molecule has 0 aliphatic rings. The van der Waals surface area contributed by atoms with Crippen LogP contribution in [0.1, 0.15) is 16.2 Å². The zero-order valence-electron chi connectivity index (χ0n) is 10.6. The highest BCUT2D eigenvalue weighted by Gasteiger charge is 2.26. The number of sulfonamides is 1. The smallest absolute Gasteiger partial charge is 0.337 e. The third-order valence-corrected chi connectivity index (χ3v) is 4.59. The van der Waals surface area contributed by atoms with Gasteiger partial charge in [0.25, 0.3) is 0 Å². The number of carbonyl (C=O) groups is 1. The number of rotatable bonds is 5. The van der Waals surface area contributed by atoms with Crippen LogP contribution in [-0.4, -0.2) is 40.8 Å². The van der Waals surface area contributed by atoms with Crippen molar-refractivity contribution >= 4 is 16.0 Å². The van der Waals surface area contributed by atoms with Crippen LogP contribution in [0.4, 0.5) is 0 Å². The highest BCUT2D eigenvalue weighted by molar-refractivity contribution is 7.89. The van der Waals surface area contributed by atoms with E-state index in [0.717, 1.165) is 4.31 Å². The van der Waals surface area contributed by atoms with Gasteiger partial charge in [-0.1, -0.05) is 12.1 Å². The second-order valence-corrected chi connectivity index (χ2v) is 6.11. The summed E-state index contributed by atoms with van der Waals surface area (Å²) >= 11 is 0. The van der Waals surface area contributed by atoms with Crippen LogP contribution < -0.4 is 0 Å². The Morgan fingerprint density at radius 2 is 2.10 bits per heavy atom. The summed E-state index contributed by atoms with van der Waals surface area (Å²) in [6.07, 6.45) is 3.10. The van der Waals surface area contributed by atoms with Crippen molar-refractivity contribution in [3.8, 4) is 0 Å². The molecule has 2 aromatic rings. The van der Waals surface area contributed by atoms with Gasteiger partial charge in [0.1, 0.15) is 5.82 Å². The van der Waals surface area contributed by atoms with E-state index in [0.29, 0.717) is 5.82 Å². The van der Waals surface area contributed by atoms with Crippen molar-refractivity contribution in [2.75, 3.05) is 7.05 Å². The molecule has 8 heteroatoms. The summed E-state index contributed by atoms with van der Waals surface area (Å²) < 4.78 is 25.9. The molecule has 1 aromatic heterocycles. The number of carboxylic acid groups (broad SMARTS) is 1. The van der Waals surface area contributed by atoms with Gasteiger partial charge in [0.2, 0.25) is 10.0 Å². The molecule has 0 radical (unpaired) electrons. The Hall–Kier alpha value is -2.19. The fraction of sp³-hybridized carbons (Fsp3) is 0.167. The Kier molecular flexibility index (Phi) is 3.86. The Morgan fingerprint density at radius 1 is 1.40 bits per heavy atom. The molecule has 0 atom stereocenters. The lowest BCUT2D eigenvalue weighted by Crippen LogP contribution is -2.28. The molecule has 1 aromatic carbocycles. The van der Waals surface area contributed by atoms with Crippen molar-refractivity contribution in [2.45, 2.75) is 11.4 Å². The van der Waals surface area contributed by atoms with Crippen LogP contribution in [0, 0.1) is 0 Å². The number of aromatic nitrogens is 2. The van der Waals surface area contributed by atoms with Crippen LogP contribution in [0.5, 0.6) is 0 Å². The molecule has 20 heavy (non-hydrogen) atoms. The highest BCUT2D eigenvalue weighted by atomic mass is 32.2. The van der Waals surface area contributed by atoms with Crippen LogP contribution in [-0.2, 0) is 16.6 Å². The lowest BCUT2D eigenvalue weighted by molar-refractivity contribution is 0.0692. The Labute approximate surface area is 115 Å². The van der Waals surface area contributed by atoms with Gasteiger partial charge in [-0.2, -0.15) is 4.31 Å². The normalized spacial score (nSPS) is 11.7. The molecule has 0 aliphatic heterocycles. The summed E-state index contributed by atoms with van der Waals surface area (Å²) in [5.41, 5.74) is -0.251. The first kappa shape index (κ1) is 14.2. The van der Waals surface area contributed by atoms with Crippen LogP contribution in [0.25, 0.3) is 0 Å². The number of carboxylic acids is 1. The average Bonchev–Trinajstić information content (AvgIpc) is 2.91. The van der Waals surface area contributed by atoms with Gasteiger partial charge in [0, 0.05) is 19.4 Å². The molecule has 0 fully saturated rings. The largest absolute Gasteiger partial charge is 0.478 e. The fourth-order valence-electron chi connectivity index (χ4n) is 1.72. The third-order valence-electron chi connectivity index (χ3n) is 2.73. The number of nitrogens with one attached hydrogen (secondary N) is 1. The maximum Gasteiger partial charge on any atom is 0.337 e. The maximum atomic E-state index is 12.4. The summed E-state index contributed by atoms with van der Waals surface area (Å²) in [5, 5.41) is 9.07. The van der Waals surface area contributed by atoms with E-state index in [4.69, 9.17) is 5.11 Å². The van der Waals surface area contributed by atoms with E-state index >= 15 is 0 Å². The molecule has 0 spiro atoms. The Morgan fingerprint density at radius 3 is 2.70 bits per heavy atom. The highest BCUT2D eigenvalue weighted by Crippen LogP contribution is 2.20. The Balaban J connectivity index is 2.37. The summed E-state index contributed by atoms with van der Waals surface area (Å²) in [6, 6.07) is 5.50. The number of H-pyrrole nitrogens is 1. The minimum absolute atomic E-state index is 0.0310. The van der Waals surface area contributed by atoms with Crippen molar-refractivity contribution in [1.82, 2.24) is 14.3 Å². The fourth-order valence-corrected chi connectivity index (χ4v) is 3.03. The molecule has 1 heterocycles. The van der Waals surface area contributed by atoms with E-state index in [2.05, 4.69) is 9.97 Å². The lowest BCUT2D eigenvalue weighted by Gasteiger charge is -2.17. The van der Waals surface area contributed by atoms with Gasteiger partial charge in [-0.05, 0) is 12.1 Å². The van der Waals surface area contributed by atoms with Gasteiger partial charge < -0.3 is 10.1 Å². The van der Waals surface area contributed by atoms with Crippen molar-refractivity contribution in [3.63, 3.8) is 0 Å². The number of imidazole rings is 1. The zero-order valence-corrected chi connectivity index (χ0v) is 11.5. The second-order valence-electron chi connectivity index (χ2n) is 4.10. The standard InChI is InChI=1S/C12H13N3O4S/c1-15(8-11-13-6-7-14-11)20(18,19)10-5-3-2-4-9(10)12(16)17/h2-7H,8H2,1H3,(H,13,14)(H,16,17). The van der Waals surface area contributed by atoms with E-state index in [1.54, 1.807) is 6.20 Å². The number of hydrogen-bond acceptors (Lipinski definition) is 4. The van der Waals surface area contributed by atoms with E-state index < -0.39 is 16.0 Å². The minimum atomic E-state index is -3.90. The first-order chi connectivity index (χ1) is 9.43. The van der Waals surface area contributed by atoms with E-state index in [-0.39, 0.29) is 17.0 Å². The predicted octanol–water partition coefficient (Wildman–Crippen LogP) is 0.929.